The highest BCUT2D eigenvalue weighted by Crippen LogP contribution is 2.19. The van der Waals surface area contributed by atoms with Gasteiger partial charge in [0.25, 0.3) is 0 Å². The van der Waals surface area contributed by atoms with Gasteiger partial charge in [0.05, 0.1) is 11.4 Å². The summed E-state index contributed by atoms with van der Waals surface area (Å²) in [5, 5.41) is 4.45. The number of rotatable bonds is 6. The number of anilines is 1. The number of carbonyl (C=O) groups excluding carboxylic acids is 2. The molecule has 0 radical (unpaired) electrons. The van der Waals surface area contributed by atoms with Crippen LogP contribution in [0, 0.1) is 13.8 Å². The van der Waals surface area contributed by atoms with E-state index in [0.29, 0.717) is 57.1 Å². The Kier molecular flexibility index (Phi) is 6.24. The van der Waals surface area contributed by atoms with E-state index in [4.69, 9.17) is 0 Å². The lowest BCUT2D eigenvalue weighted by Gasteiger charge is -2.35. The molecule has 0 aliphatic carbocycles. The summed E-state index contributed by atoms with van der Waals surface area (Å²) in [5.41, 5.74) is 1.86. The molecule has 0 bridgehead atoms. The summed E-state index contributed by atoms with van der Waals surface area (Å²) in [6.07, 6.45) is 2.61. The van der Waals surface area contributed by atoms with E-state index in [9.17, 15) is 18.0 Å². The zero-order chi connectivity index (χ0) is 22.9. The molecular weight excluding hydrogens is 434 g/mol. The molecule has 0 aromatic carbocycles. The Morgan fingerprint density at radius 1 is 0.938 bits per heavy atom. The van der Waals surface area contributed by atoms with E-state index in [-0.39, 0.29) is 24.1 Å². The van der Waals surface area contributed by atoms with Crippen molar-refractivity contribution in [3.63, 3.8) is 0 Å². The third-order valence-electron chi connectivity index (χ3n) is 5.78. The molecule has 2 aromatic heterocycles. The number of hydrogen-bond acceptors (Lipinski definition) is 8. The molecule has 4 rings (SSSR count). The first-order valence-corrected chi connectivity index (χ1v) is 12.3. The van der Waals surface area contributed by atoms with Gasteiger partial charge in [-0.15, -0.1) is 0 Å². The Morgan fingerprint density at radius 2 is 1.59 bits per heavy atom. The fourth-order valence-electron chi connectivity index (χ4n) is 4.07. The molecule has 4 heterocycles. The van der Waals surface area contributed by atoms with Crippen molar-refractivity contribution in [2.45, 2.75) is 33.1 Å². The zero-order valence-corrected chi connectivity index (χ0v) is 19.1. The van der Waals surface area contributed by atoms with Gasteiger partial charge in [-0.05, 0) is 26.3 Å². The lowest BCUT2D eigenvalue weighted by atomic mass is 10.1. The highest BCUT2D eigenvalue weighted by molar-refractivity contribution is 7.89. The fraction of sp³-hybridized carbons (Fsp3) is 0.550. The molecule has 0 atom stereocenters. The van der Waals surface area contributed by atoms with E-state index in [1.807, 2.05) is 30.9 Å². The average Bonchev–Trinajstić information content (AvgIpc) is 3.11. The Bertz CT molecular complexity index is 1110. The molecule has 12 heteroatoms. The molecule has 0 spiro atoms. The molecule has 172 valence electrons. The van der Waals surface area contributed by atoms with Crippen LogP contribution in [0.2, 0.25) is 0 Å². The lowest BCUT2D eigenvalue weighted by Crippen LogP contribution is -2.51. The van der Waals surface area contributed by atoms with Gasteiger partial charge in [0.1, 0.15) is 12.1 Å². The predicted octanol–water partition coefficient (Wildman–Crippen LogP) is 0.270. The van der Waals surface area contributed by atoms with Gasteiger partial charge in [-0.25, -0.2) is 23.1 Å². The van der Waals surface area contributed by atoms with E-state index in [1.54, 1.807) is 4.68 Å². The summed E-state index contributed by atoms with van der Waals surface area (Å²) in [5.74, 6) is 0.544. The number of carbonyl (C=O) groups is 2. The molecule has 2 saturated heterocycles. The van der Waals surface area contributed by atoms with Crippen molar-refractivity contribution in [3.8, 4) is 5.82 Å². The SMILES string of the molecule is Cc1cc(C)n(-c2cc(N3CCN(S(=O)(=O)CCN4C(=O)CCCC4=O)CC3)ncn2)n1. The van der Waals surface area contributed by atoms with Gasteiger partial charge in [-0.3, -0.25) is 14.5 Å². The van der Waals surface area contributed by atoms with Crippen LogP contribution < -0.4 is 4.90 Å². The molecule has 2 amide bonds. The van der Waals surface area contributed by atoms with Gasteiger partial charge in [0, 0.05) is 57.3 Å². The first-order valence-electron chi connectivity index (χ1n) is 10.7. The third kappa shape index (κ3) is 4.65. The summed E-state index contributed by atoms with van der Waals surface area (Å²) in [7, 11) is -3.58. The Labute approximate surface area is 187 Å². The number of likely N-dealkylation sites (tertiary alicyclic amines) is 1. The van der Waals surface area contributed by atoms with Crippen molar-refractivity contribution in [1.82, 2.24) is 29.0 Å². The van der Waals surface area contributed by atoms with Crippen molar-refractivity contribution >= 4 is 27.7 Å². The van der Waals surface area contributed by atoms with Crippen LogP contribution in [-0.4, -0.2) is 87.7 Å². The maximum absolute atomic E-state index is 12.8. The Balaban J connectivity index is 1.37. The number of sulfonamides is 1. The van der Waals surface area contributed by atoms with E-state index >= 15 is 0 Å². The second kappa shape index (κ2) is 8.94. The fourth-order valence-corrected chi connectivity index (χ4v) is 5.46. The minimum absolute atomic E-state index is 0.0852. The average molecular weight is 462 g/mol. The topological polar surface area (TPSA) is 122 Å². The minimum Gasteiger partial charge on any atom is -0.354 e. The highest BCUT2D eigenvalue weighted by atomic mass is 32.2. The van der Waals surface area contributed by atoms with E-state index in [1.165, 1.54) is 10.6 Å². The van der Waals surface area contributed by atoms with Crippen molar-refractivity contribution in [2.75, 3.05) is 43.4 Å². The number of nitrogens with zero attached hydrogens (tertiary/aromatic N) is 7. The smallest absolute Gasteiger partial charge is 0.229 e. The van der Waals surface area contributed by atoms with Gasteiger partial charge in [0.15, 0.2) is 5.82 Å². The predicted molar refractivity (Wildman–Crippen MR) is 117 cm³/mol. The molecule has 0 saturated carbocycles. The molecule has 0 unspecified atom stereocenters. The van der Waals surface area contributed by atoms with Crippen molar-refractivity contribution in [1.29, 1.82) is 0 Å². The summed E-state index contributed by atoms with van der Waals surface area (Å²) in [6.45, 7) is 5.37. The molecular formula is C20H27N7O4S. The van der Waals surface area contributed by atoms with Crippen LogP contribution in [0.25, 0.3) is 5.82 Å². The largest absolute Gasteiger partial charge is 0.354 e. The molecule has 11 nitrogen and oxygen atoms in total. The van der Waals surface area contributed by atoms with Crippen LogP contribution in [0.3, 0.4) is 0 Å². The number of piperidine rings is 1. The maximum Gasteiger partial charge on any atom is 0.229 e. The van der Waals surface area contributed by atoms with Gasteiger partial charge in [0.2, 0.25) is 21.8 Å². The second-order valence-corrected chi connectivity index (χ2v) is 10.2. The monoisotopic (exact) mass is 461 g/mol. The quantitative estimate of drug-likeness (QED) is 0.562. The number of piperazine rings is 1. The molecule has 2 aliphatic heterocycles. The number of amides is 2. The Morgan fingerprint density at radius 3 is 2.22 bits per heavy atom. The van der Waals surface area contributed by atoms with Crippen LogP contribution >= 0.6 is 0 Å². The Hall–Kier alpha value is -2.86. The lowest BCUT2D eigenvalue weighted by molar-refractivity contribution is -0.147. The summed E-state index contributed by atoms with van der Waals surface area (Å²) in [4.78, 5) is 35.6. The summed E-state index contributed by atoms with van der Waals surface area (Å²) >= 11 is 0. The number of aromatic nitrogens is 4. The first kappa shape index (κ1) is 22.3. The third-order valence-corrected chi connectivity index (χ3v) is 7.63. The molecule has 2 aliphatic rings. The molecule has 32 heavy (non-hydrogen) atoms. The second-order valence-electron chi connectivity index (χ2n) is 8.07. The van der Waals surface area contributed by atoms with Crippen LogP contribution in [0.15, 0.2) is 18.5 Å². The highest BCUT2D eigenvalue weighted by Gasteiger charge is 2.31. The molecule has 2 fully saturated rings. The van der Waals surface area contributed by atoms with E-state index in [0.717, 1.165) is 16.3 Å². The minimum atomic E-state index is -3.58. The van der Waals surface area contributed by atoms with Crippen LogP contribution in [0.4, 0.5) is 5.82 Å². The molecule has 0 N–H and O–H groups in total. The summed E-state index contributed by atoms with van der Waals surface area (Å²) in [6, 6.07) is 3.81. The van der Waals surface area contributed by atoms with Gasteiger partial charge in [-0.1, -0.05) is 0 Å². The van der Waals surface area contributed by atoms with Crippen molar-refractivity contribution in [3.05, 3.63) is 29.8 Å². The van der Waals surface area contributed by atoms with Crippen molar-refractivity contribution < 1.29 is 18.0 Å². The van der Waals surface area contributed by atoms with Crippen LogP contribution in [0.1, 0.15) is 30.7 Å². The van der Waals surface area contributed by atoms with Crippen molar-refractivity contribution in [2.24, 2.45) is 0 Å². The van der Waals surface area contributed by atoms with E-state index in [2.05, 4.69) is 15.1 Å². The van der Waals surface area contributed by atoms with Gasteiger partial charge >= 0.3 is 0 Å². The maximum atomic E-state index is 12.8. The van der Waals surface area contributed by atoms with E-state index < -0.39 is 10.0 Å². The number of aryl methyl sites for hydroxylation is 2. The number of imide groups is 1. The summed E-state index contributed by atoms with van der Waals surface area (Å²) < 4.78 is 28.7. The standard InChI is InChI=1S/C20H27N7O4S/c1-15-12-16(2)27(23-15)18-13-17(21-14-22-18)24-6-8-25(9-7-24)32(30,31)11-10-26-19(28)4-3-5-20(26)29/h12-14H,3-11H2,1-2H3. The van der Waals surface area contributed by atoms with Crippen LogP contribution in [-0.2, 0) is 19.6 Å². The normalized spacial score (nSPS) is 18.4. The zero-order valence-electron chi connectivity index (χ0n) is 18.3. The number of hydrogen-bond donors (Lipinski definition) is 0. The van der Waals surface area contributed by atoms with Crippen LogP contribution in [0.5, 0.6) is 0 Å². The molecule has 2 aromatic rings. The van der Waals surface area contributed by atoms with Gasteiger partial charge in [-0.2, -0.15) is 9.40 Å². The van der Waals surface area contributed by atoms with Gasteiger partial charge < -0.3 is 4.90 Å². The first-order chi connectivity index (χ1) is 15.2.